The molecule has 0 heterocycles. The van der Waals surface area contributed by atoms with Gasteiger partial charge in [-0.3, -0.25) is 0 Å². The van der Waals surface area contributed by atoms with Crippen LogP contribution < -0.4 is 9.41 Å². The first-order valence-corrected chi connectivity index (χ1v) is 6.90. The molecule has 1 aromatic carbocycles. The second-order valence-corrected chi connectivity index (χ2v) is 8.45. The van der Waals surface area contributed by atoms with Gasteiger partial charge in [0.2, 0.25) is 0 Å². The Balaban J connectivity index is -0.00000108. The minimum absolute atomic E-state index is 0. The van der Waals surface area contributed by atoms with Crippen molar-refractivity contribution in [2.24, 2.45) is 0 Å². The molecule has 0 fully saturated rings. The van der Waals surface area contributed by atoms with Crippen LogP contribution in [0, 0.1) is 6.07 Å². The summed E-state index contributed by atoms with van der Waals surface area (Å²) < 4.78 is 0. The zero-order valence-electron chi connectivity index (χ0n) is 14.9. The van der Waals surface area contributed by atoms with Crippen molar-refractivity contribution in [2.45, 2.75) is 78.6 Å². The van der Waals surface area contributed by atoms with E-state index in [0.29, 0.717) is 0 Å². The number of hydrogen-bond donors (Lipinski definition) is 0. The molecule has 0 bridgehead atoms. The van der Waals surface area contributed by atoms with Crippen LogP contribution in [0.1, 0.15) is 79.0 Å². The maximum absolute atomic E-state index is 3.64. The summed E-state index contributed by atoms with van der Waals surface area (Å²) in [5.41, 5.74) is 4.55. The van der Waals surface area contributed by atoms with E-state index < -0.39 is 0 Å². The summed E-state index contributed by atoms with van der Waals surface area (Å²) in [5.74, 6) is 0. The van der Waals surface area contributed by atoms with Crippen molar-refractivity contribution in [2.75, 3.05) is 0 Å². The molecule has 0 saturated carbocycles. The topological polar surface area (TPSA) is 0 Å². The Labute approximate surface area is 147 Å². The van der Waals surface area contributed by atoms with Gasteiger partial charge in [0.1, 0.15) is 0 Å². The Bertz CT molecular complexity index is 353. The molecule has 0 aromatic heterocycles. The Kier molecular flexibility index (Phi) is 9.78. The van der Waals surface area contributed by atoms with Gasteiger partial charge in [0.05, 0.1) is 0 Å². The molecule has 0 spiro atoms. The summed E-state index contributed by atoms with van der Waals surface area (Å²) in [5, 5.41) is 0. The minimum Gasteiger partial charge on any atom is -1.00 e. The van der Waals surface area contributed by atoms with E-state index in [4.69, 9.17) is 0 Å². The molecule has 0 atom stereocenters. The molecule has 0 N–H and O–H groups in total. The third-order valence-electron chi connectivity index (χ3n) is 3.35. The zero-order valence-corrected chi connectivity index (χ0v) is 17.4. The van der Waals surface area contributed by atoms with Gasteiger partial charge in [-0.05, 0) is 39.0 Å². The monoisotopic (exact) mass is 404 g/mol. The summed E-state index contributed by atoms with van der Waals surface area (Å²) >= 11 is 0. The van der Waals surface area contributed by atoms with Crippen molar-refractivity contribution in [3.63, 3.8) is 0 Å². The normalized spacial score (nSPS) is 11.9. The van der Waals surface area contributed by atoms with Gasteiger partial charge in [0.15, 0.2) is 0 Å². The Morgan fingerprint density at radius 1 is 0.619 bits per heavy atom. The maximum Gasteiger partial charge on any atom is 0 e. The largest absolute Gasteiger partial charge is 1.00 e. The van der Waals surface area contributed by atoms with E-state index in [1.54, 1.807) is 0 Å². The van der Waals surface area contributed by atoms with E-state index in [9.17, 15) is 0 Å². The molecule has 122 valence electrons. The zero-order chi connectivity index (χ0) is 14.4. The predicted molar refractivity (Wildman–Crippen MR) is 87.1 cm³/mol. The minimum atomic E-state index is 0. The van der Waals surface area contributed by atoms with Crippen molar-refractivity contribution in [3.8, 4) is 0 Å². The molecule has 3 heteroatoms. The number of hydrogen-bond acceptors (Lipinski definition) is 0. The Hall–Kier alpha value is -0.102. The van der Waals surface area contributed by atoms with Gasteiger partial charge in [-0.25, -0.2) is 0 Å². The fourth-order valence-electron chi connectivity index (χ4n) is 1.81. The standard InChI is InChI=1S/C18H29.2FH.Sb/c1-16(2,3)13-10-14(17(4,5)6)12-15(11-13)18(7,8)9;;;/h10-11H,1-9H3;2*1H;/p-2. The van der Waals surface area contributed by atoms with E-state index in [0.717, 1.165) is 0 Å². The van der Waals surface area contributed by atoms with Crippen molar-refractivity contribution < 1.29 is 9.41 Å². The summed E-state index contributed by atoms with van der Waals surface area (Å²) in [4.78, 5) is 0. The van der Waals surface area contributed by atoms with Gasteiger partial charge in [0.25, 0.3) is 0 Å². The number of benzene rings is 1. The van der Waals surface area contributed by atoms with Gasteiger partial charge in [-0.1, -0.05) is 74.4 Å². The van der Waals surface area contributed by atoms with Gasteiger partial charge >= 0.3 is 0 Å². The predicted octanol–water partition coefficient (Wildman–Crippen LogP) is -0.994. The van der Waals surface area contributed by atoms with Crippen LogP contribution in [0.5, 0.6) is 0 Å². The number of halogens is 2. The third kappa shape index (κ3) is 7.13. The quantitative estimate of drug-likeness (QED) is 0.487. The van der Waals surface area contributed by atoms with E-state index in [1.807, 2.05) is 0 Å². The fourth-order valence-corrected chi connectivity index (χ4v) is 1.81. The molecule has 4 radical (unpaired) electrons. The fraction of sp³-hybridized carbons (Fsp3) is 0.667. The van der Waals surface area contributed by atoms with Crippen LogP contribution in [0.15, 0.2) is 12.1 Å². The second kappa shape index (κ2) is 7.95. The van der Waals surface area contributed by atoms with Crippen molar-refractivity contribution in [3.05, 3.63) is 34.9 Å². The third-order valence-corrected chi connectivity index (χ3v) is 3.35. The maximum atomic E-state index is 3.64. The summed E-state index contributed by atoms with van der Waals surface area (Å²) in [6.45, 7) is 20.4. The van der Waals surface area contributed by atoms with Gasteiger partial charge in [0, 0.05) is 24.4 Å². The van der Waals surface area contributed by atoms with Crippen LogP contribution in [0.2, 0.25) is 0 Å². The first-order chi connectivity index (χ1) is 7.82. The average Bonchev–Trinajstić information content (AvgIpc) is 2.13. The molecular weight excluding hydrogens is 376 g/mol. The first-order valence-electron chi connectivity index (χ1n) is 6.90. The van der Waals surface area contributed by atoms with Crippen LogP contribution in [-0.2, 0) is 16.2 Å². The van der Waals surface area contributed by atoms with E-state index in [1.165, 1.54) is 16.7 Å². The molecule has 0 saturated heterocycles. The van der Waals surface area contributed by atoms with Gasteiger partial charge < -0.3 is 9.41 Å². The summed E-state index contributed by atoms with van der Waals surface area (Å²) in [6, 6.07) is 8.29. The SMILES string of the molecule is CC(C)(C)c1[c]c(C(C)(C)C)cc(C(C)(C)C)c1.[F-].[F-].[Sb]. The molecule has 1 aromatic rings. The van der Waals surface area contributed by atoms with Crippen molar-refractivity contribution in [1.29, 1.82) is 0 Å². The van der Waals surface area contributed by atoms with Gasteiger partial charge in [-0.15, -0.1) is 0 Å². The van der Waals surface area contributed by atoms with E-state index in [-0.39, 0.29) is 50.1 Å². The van der Waals surface area contributed by atoms with Crippen LogP contribution in [0.3, 0.4) is 0 Å². The van der Waals surface area contributed by atoms with E-state index >= 15 is 0 Å². The molecule has 1 rings (SSSR count). The molecule has 0 nitrogen and oxygen atoms in total. The van der Waals surface area contributed by atoms with Crippen LogP contribution in [-0.4, -0.2) is 24.4 Å². The smallest absolute Gasteiger partial charge is 0 e. The van der Waals surface area contributed by atoms with Gasteiger partial charge in [-0.2, -0.15) is 0 Å². The summed E-state index contributed by atoms with van der Waals surface area (Å²) in [6.07, 6.45) is 0. The molecule has 0 aliphatic heterocycles. The molecule has 21 heavy (non-hydrogen) atoms. The molecule has 0 aliphatic rings. The van der Waals surface area contributed by atoms with Crippen LogP contribution >= 0.6 is 0 Å². The molecular formula is C18H29F2Sb-2. The molecule has 0 aliphatic carbocycles. The first kappa shape index (κ1) is 25.8. The molecule has 0 amide bonds. The van der Waals surface area contributed by atoms with Crippen LogP contribution in [0.4, 0.5) is 0 Å². The Morgan fingerprint density at radius 3 is 1.10 bits per heavy atom. The van der Waals surface area contributed by atoms with Crippen molar-refractivity contribution in [1.82, 2.24) is 0 Å². The molecule has 0 unspecified atom stereocenters. The second-order valence-electron chi connectivity index (χ2n) is 8.45. The van der Waals surface area contributed by atoms with Crippen LogP contribution in [0.25, 0.3) is 0 Å². The average molecular weight is 405 g/mol. The Morgan fingerprint density at radius 2 is 0.905 bits per heavy atom. The summed E-state index contributed by atoms with van der Waals surface area (Å²) in [7, 11) is 0. The number of rotatable bonds is 0. The van der Waals surface area contributed by atoms with E-state index in [2.05, 4.69) is 80.5 Å². The van der Waals surface area contributed by atoms with Crippen molar-refractivity contribution >= 4 is 24.4 Å².